The minimum absolute atomic E-state index is 0.327. The Labute approximate surface area is 77.6 Å². The molecule has 0 aliphatic heterocycles. The summed E-state index contributed by atoms with van der Waals surface area (Å²) < 4.78 is 15.0. The van der Waals surface area contributed by atoms with Crippen LogP contribution in [-0.4, -0.2) is 8.32 Å². The van der Waals surface area contributed by atoms with E-state index in [1.54, 1.807) is 6.92 Å². The molecule has 0 fully saturated rings. The van der Waals surface area contributed by atoms with Gasteiger partial charge in [0, 0.05) is 0 Å². The fourth-order valence-corrected chi connectivity index (χ4v) is 1.35. The smallest absolute Gasteiger partial charge is 0.410 e. The predicted octanol–water partition coefficient (Wildman–Crippen LogP) is 1.89. The Kier molecular flexibility index (Phi) is 2.77. The molecule has 74 valence electrons. The molecule has 0 amide bonds. The van der Waals surface area contributed by atoms with Gasteiger partial charge in [0.1, 0.15) is 5.76 Å². The van der Waals surface area contributed by atoms with Gasteiger partial charge < -0.3 is 13.3 Å². The molecule has 1 heterocycles. The third-order valence-electron chi connectivity index (χ3n) is 1.47. The van der Waals surface area contributed by atoms with Crippen LogP contribution in [0, 0.1) is 6.92 Å². The molecule has 0 saturated carbocycles. The normalized spacial score (nSPS) is 12.0. The van der Waals surface area contributed by atoms with E-state index in [4.69, 9.17) is 13.3 Å². The first-order chi connectivity index (χ1) is 5.88. The molecule has 0 radical (unpaired) electrons. The fourth-order valence-electron chi connectivity index (χ4n) is 0.788. The van der Waals surface area contributed by atoms with Gasteiger partial charge in [-0.3, -0.25) is 0 Å². The van der Waals surface area contributed by atoms with Crippen molar-refractivity contribution in [2.75, 3.05) is 0 Å². The van der Waals surface area contributed by atoms with Gasteiger partial charge in [-0.25, -0.2) is 4.79 Å². The van der Waals surface area contributed by atoms with Gasteiger partial charge >= 0.3 is 5.82 Å². The molecule has 0 atom stereocenters. The van der Waals surface area contributed by atoms with Crippen molar-refractivity contribution in [2.24, 2.45) is 0 Å². The van der Waals surface area contributed by atoms with Crippen molar-refractivity contribution in [1.29, 1.82) is 0 Å². The molecule has 0 N–H and O–H groups in total. The second-order valence-corrected chi connectivity index (χ2v) is 8.35. The lowest BCUT2D eigenvalue weighted by molar-refractivity contribution is 0.256. The largest absolute Gasteiger partial charge is 0.519 e. The van der Waals surface area contributed by atoms with Crippen LogP contribution in [-0.2, 0) is 11.0 Å². The van der Waals surface area contributed by atoms with E-state index in [0.717, 1.165) is 0 Å². The first kappa shape index (κ1) is 10.3. The van der Waals surface area contributed by atoms with Gasteiger partial charge in [0.25, 0.3) is 0 Å². The van der Waals surface area contributed by atoms with Crippen LogP contribution < -0.4 is 5.82 Å². The molecule has 0 aliphatic carbocycles. The monoisotopic (exact) mass is 202 g/mol. The lowest BCUT2D eigenvalue weighted by atomic mass is 10.4. The Hall–Kier alpha value is -0.813. The topological polar surface area (TPSA) is 52.6 Å². The number of aryl methyl sites for hydroxylation is 1. The van der Waals surface area contributed by atoms with Crippen LogP contribution in [0.1, 0.15) is 11.5 Å². The van der Waals surface area contributed by atoms with Gasteiger partial charge in [-0.05, 0) is 26.6 Å². The van der Waals surface area contributed by atoms with E-state index in [-0.39, 0.29) is 0 Å². The first-order valence-electron chi connectivity index (χ1n) is 4.12. The summed E-state index contributed by atoms with van der Waals surface area (Å²) in [5, 5.41) is 0. The van der Waals surface area contributed by atoms with Crippen molar-refractivity contribution >= 4 is 8.32 Å². The summed E-state index contributed by atoms with van der Waals surface area (Å²) in [6.45, 7) is 8.22. The van der Waals surface area contributed by atoms with Crippen molar-refractivity contribution in [2.45, 2.75) is 33.2 Å². The summed E-state index contributed by atoms with van der Waals surface area (Å²) in [4.78, 5) is 10.7. The third-order valence-corrected chi connectivity index (χ3v) is 2.48. The molecular formula is C8H14O4Si. The van der Waals surface area contributed by atoms with E-state index in [1.165, 1.54) is 0 Å². The van der Waals surface area contributed by atoms with Gasteiger partial charge in [-0.2, -0.15) is 0 Å². The maximum Gasteiger partial charge on any atom is 0.519 e. The van der Waals surface area contributed by atoms with Gasteiger partial charge in [0.05, 0.1) is 6.61 Å². The maximum absolute atomic E-state index is 10.7. The van der Waals surface area contributed by atoms with Gasteiger partial charge in [0.15, 0.2) is 14.1 Å². The van der Waals surface area contributed by atoms with Crippen molar-refractivity contribution < 1.29 is 13.3 Å². The van der Waals surface area contributed by atoms with E-state index in [1.807, 2.05) is 0 Å². The Bertz CT molecular complexity index is 331. The zero-order chi connectivity index (χ0) is 10.1. The highest BCUT2D eigenvalue weighted by Gasteiger charge is 2.17. The van der Waals surface area contributed by atoms with Crippen molar-refractivity contribution in [3.63, 3.8) is 0 Å². The van der Waals surface area contributed by atoms with Crippen LogP contribution in [0.5, 0.6) is 0 Å². The molecule has 0 unspecified atom stereocenters. The molecule has 0 aliphatic rings. The molecule has 4 nitrogen and oxygen atoms in total. The molecule has 0 spiro atoms. The Morgan fingerprint density at radius 2 is 1.92 bits per heavy atom. The van der Waals surface area contributed by atoms with Crippen LogP contribution in [0.15, 0.2) is 13.6 Å². The van der Waals surface area contributed by atoms with Crippen LogP contribution in [0.25, 0.3) is 0 Å². The molecule has 0 saturated heterocycles. The van der Waals surface area contributed by atoms with Crippen LogP contribution in [0.3, 0.4) is 0 Å². The second-order valence-electron chi connectivity index (χ2n) is 3.83. The zero-order valence-corrected chi connectivity index (χ0v) is 9.34. The number of hydrogen-bond donors (Lipinski definition) is 0. The highest BCUT2D eigenvalue weighted by molar-refractivity contribution is 6.69. The second kappa shape index (κ2) is 3.51. The van der Waals surface area contributed by atoms with Crippen molar-refractivity contribution in [3.8, 4) is 0 Å². The van der Waals surface area contributed by atoms with Gasteiger partial charge in [-0.1, -0.05) is 0 Å². The van der Waals surface area contributed by atoms with Gasteiger partial charge in [-0.15, -0.1) is 0 Å². The summed E-state index contributed by atoms with van der Waals surface area (Å²) >= 11 is 0. The molecular weight excluding hydrogens is 188 g/mol. The molecule has 1 aromatic heterocycles. The SMILES string of the molecule is Cc1oc(=O)oc1CO[Si](C)(C)C. The van der Waals surface area contributed by atoms with Crippen LogP contribution in [0.2, 0.25) is 19.6 Å². The molecule has 1 rings (SSSR count). The minimum Gasteiger partial charge on any atom is -0.410 e. The highest BCUT2D eigenvalue weighted by Crippen LogP contribution is 2.11. The fraction of sp³-hybridized carbons (Fsp3) is 0.625. The lowest BCUT2D eigenvalue weighted by Gasteiger charge is -2.15. The Morgan fingerprint density at radius 1 is 1.31 bits per heavy atom. The summed E-state index contributed by atoms with van der Waals surface area (Å²) in [5.74, 6) is 0.336. The van der Waals surface area contributed by atoms with E-state index < -0.39 is 14.1 Å². The molecule has 1 aromatic rings. The standard InChI is InChI=1S/C8H14O4Si/c1-6-7(12-8(9)11-6)5-10-13(2,3)4/h5H2,1-4H3. The maximum atomic E-state index is 10.7. The summed E-state index contributed by atoms with van der Waals surface area (Å²) in [6.07, 6.45) is 0. The van der Waals surface area contributed by atoms with E-state index in [0.29, 0.717) is 18.1 Å². The predicted molar refractivity (Wildman–Crippen MR) is 50.1 cm³/mol. The summed E-state index contributed by atoms with van der Waals surface area (Å²) in [6, 6.07) is 0. The molecule has 5 heteroatoms. The highest BCUT2D eigenvalue weighted by atomic mass is 28.4. The van der Waals surface area contributed by atoms with E-state index in [9.17, 15) is 4.79 Å². The Morgan fingerprint density at radius 3 is 2.31 bits per heavy atom. The van der Waals surface area contributed by atoms with Crippen LogP contribution in [0.4, 0.5) is 0 Å². The van der Waals surface area contributed by atoms with Crippen LogP contribution >= 0.6 is 0 Å². The Balaban J connectivity index is 2.65. The quantitative estimate of drug-likeness (QED) is 0.702. The minimum atomic E-state index is -1.56. The van der Waals surface area contributed by atoms with Crippen molar-refractivity contribution in [1.82, 2.24) is 0 Å². The van der Waals surface area contributed by atoms with Crippen molar-refractivity contribution in [3.05, 3.63) is 22.1 Å². The average molecular weight is 202 g/mol. The molecule has 0 aromatic carbocycles. The zero-order valence-electron chi connectivity index (χ0n) is 8.34. The van der Waals surface area contributed by atoms with Gasteiger partial charge in [0.2, 0.25) is 0 Å². The average Bonchev–Trinajstić information content (AvgIpc) is 2.24. The van der Waals surface area contributed by atoms with E-state index in [2.05, 4.69) is 19.6 Å². The molecule has 0 bridgehead atoms. The number of hydrogen-bond acceptors (Lipinski definition) is 4. The lowest BCUT2D eigenvalue weighted by Crippen LogP contribution is -2.24. The summed E-state index contributed by atoms with van der Waals surface area (Å²) in [7, 11) is -1.56. The van der Waals surface area contributed by atoms with E-state index >= 15 is 0 Å². The molecule has 13 heavy (non-hydrogen) atoms. The number of rotatable bonds is 3. The first-order valence-corrected chi connectivity index (χ1v) is 7.53. The summed E-state index contributed by atoms with van der Waals surface area (Å²) in [5.41, 5.74) is 0. The third kappa shape index (κ3) is 3.20.